The molecule has 0 saturated carbocycles. The number of phenols is 1. The van der Waals surface area contributed by atoms with E-state index in [1.54, 1.807) is 18.3 Å². The van der Waals surface area contributed by atoms with Crippen molar-refractivity contribution in [1.82, 2.24) is 9.55 Å². The average Bonchev–Trinajstić information content (AvgIpc) is 2.50. The first-order valence-corrected chi connectivity index (χ1v) is 4.94. The second kappa shape index (κ2) is 3.46. The Labute approximate surface area is 90.2 Å². The predicted molar refractivity (Wildman–Crippen MR) is 58.0 cm³/mol. The summed E-state index contributed by atoms with van der Waals surface area (Å²) in [6.07, 6.45) is 1.75. The Morgan fingerprint density at radius 3 is 2.43 bits per heavy atom. The number of rotatable bonds is 1. The summed E-state index contributed by atoms with van der Waals surface area (Å²) in [7, 11) is 1.93. The van der Waals surface area contributed by atoms with Crippen LogP contribution in [0.1, 0.15) is 0 Å². The van der Waals surface area contributed by atoms with Crippen molar-refractivity contribution in [2.75, 3.05) is 0 Å². The fourth-order valence-corrected chi connectivity index (χ4v) is 1.54. The highest BCUT2D eigenvalue weighted by molar-refractivity contribution is 9.10. The van der Waals surface area contributed by atoms with Crippen LogP contribution in [0, 0.1) is 0 Å². The summed E-state index contributed by atoms with van der Waals surface area (Å²) in [4.78, 5) is 4.25. The highest BCUT2D eigenvalue weighted by Gasteiger charge is 2.05. The summed E-state index contributed by atoms with van der Waals surface area (Å²) in [6.45, 7) is 0. The van der Waals surface area contributed by atoms with E-state index in [9.17, 15) is 0 Å². The fraction of sp³-hybridized carbons (Fsp3) is 0.100. The van der Waals surface area contributed by atoms with Crippen LogP contribution in [0.5, 0.6) is 5.75 Å². The molecule has 14 heavy (non-hydrogen) atoms. The molecule has 4 heteroatoms. The normalized spacial score (nSPS) is 10.4. The van der Waals surface area contributed by atoms with Crippen molar-refractivity contribution >= 4 is 15.9 Å². The van der Waals surface area contributed by atoms with E-state index in [2.05, 4.69) is 20.9 Å². The van der Waals surface area contributed by atoms with Gasteiger partial charge in [0.25, 0.3) is 0 Å². The van der Waals surface area contributed by atoms with Gasteiger partial charge in [0.2, 0.25) is 0 Å². The van der Waals surface area contributed by atoms with Gasteiger partial charge < -0.3 is 9.67 Å². The van der Waals surface area contributed by atoms with E-state index in [1.165, 1.54) is 0 Å². The summed E-state index contributed by atoms with van der Waals surface area (Å²) in [6, 6.07) is 6.98. The lowest BCUT2D eigenvalue weighted by Crippen LogP contribution is -1.92. The standard InChI is InChI=1S/C10H9BrN2O/c1-13-9(11)6-12-10(13)7-2-4-8(14)5-3-7/h2-6,14H,1H3. The molecule has 0 unspecified atom stereocenters. The number of aromatic nitrogens is 2. The number of halogens is 1. The predicted octanol–water partition coefficient (Wildman–Crippen LogP) is 2.56. The molecule has 0 bridgehead atoms. The molecule has 1 heterocycles. The number of benzene rings is 1. The first-order chi connectivity index (χ1) is 6.68. The topological polar surface area (TPSA) is 38.0 Å². The molecule has 0 saturated heterocycles. The smallest absolute Gasteiger partial charge is 0.140 e. The molecule has 0 radical (unpaired) electrons. The molecule has 2 aromatic rings. The Morgan fingerprint density at radius 2 is 1.93 bits per heavy atom. The molecule has 0 spiro atoms. The van der Waals surface area contributed by atoms with Gasteiger partial charge in [-0.3, -0.25) is 0 Å². The summed E-state index contributed by atoms with van der Waals surface area (Å²) in [5.74, 6) is 1.14. The molecule has 72 valence electrons. The largest absolute Gasteiger partial charge is 0.508 e. The Bertz CT molecular complexity index is 448. The maximum atomic E-state index is 9.14. The van der Waals surface area contributed by atoms with Gasteiger partial charge in [0.05, 0.1) is 6.20 Å². The summed E-state index contributed by atoms with van der Waals surface area (Å²) in [5, 5.41) is 9.14. The maximum Gasteiger partial charge on any atom is 0.140 e. The zero-order valence-electron chi connectivity index (χ0n) is 7.61. The van der Waals surface area contributed by atoms with Crippen LogP contribution in [0.2, 0.25) is 0 Å². The summed E-state index contributed by atoms with van der Waals surface area (Å²) in [5.41, 5.74) is 0.982. The van der Waals surface area contributed by atoms with Gasteiger partial charge in [0.15, 0.2) is 0 Å². The van der Waals surface area contributed by atoms with E-state index in [4.69, 9.17) is 5.11 Å². The van der Waals surface area contributed by atoms with Crippen LogP contribution < -0.4 is 0 Å². The van der Waals surface area contributed by atoms with E-state index >= 15 is 0 Å². The van der Waals surface area contributed by atoms with E-state index < -0.39 is 0 Å². The lowest BCUT2D eigenvalue weighted by atomic mass is 10.2. The molecule has 3 nitrogen and oxygen atoms in total. The van der Waals surface area contributed by atoms with Gasteiger partial charge in [-0.1, -0.05) is 0 Å². The third-order valence-electron chi connectivity index (χ3n) is 2.06. The van der Waals surface area contributed by atoms with E-state index in [-0.39, 0.29) is 5.75 Å². The zero-order chi connectivity index (χ0) is 10.1. The molecule has 1 aromatic heterocycles. The monoisotopic (exact) mass is 252 g/mol. The maximum absolute atomic E-state index is 9.14. The second-order valence-electron chi connectivity index (χ2n) is 3.01. The quantitative estimate of drug-likeness (QED) is 0.848. The minimum atomic E-state index is 0.266. The molecule has 1 aromatic carbocycles. The second-order valence-corrected chi connectivity index (χ2v) is 3.82. The molecule has 0 aliphatic rings. The van der Waals surface area contributed by atoms with Crippen molar-refractivity contribution in [3.05, 3.63) is 35.1 Å². The minimum Gasteiger partial charge on any atom is -0.508 e. The molecule has 0 atom stereocenters. The van der Waals surface area contributed by atoms with Crippen LogP contribution in [0.3, 0.4) is 0 Å². The molecule has 0 amide bonds. The van der Waals surface area contributed by atoms with Gasteiger partial charge in [-0.2, -0.15) is 0 Å². The first kappa shape index (κ1) is 9.27. The van der Waals surface area contributed by atoms with Crippen molar-refractivity contribution in [3.63, 3.8) is 0 Å². The van der Waals surface area contributed by atoms with E-state index in [1.807, 2.05) is 23.7 Å². The number of phenolic OH excluding ortho intramolecular Hbond substituents is 1. The van der Waals surface area contributed by atoms with Crippen LogP contribution in [0.25, 0.3) is 11.4 Å². The number of imidazole rings is 1. The van der Waals surface area contributed by atoms with Crippen LogP contribution in [0.4, 0.5) is 0 Å². The minimum absolute atomic E-state index is 0.266. The number of aromatic hydroxyl groups is 1. The number of hydrogen-bond acceptors (Lipinski definition) is 2. The van der Waals surface area contributed by atoms with Crippen molar-refractivity contribution in [2.45, 2.75) is 0 Å². The van der Waals surface area contributed by atoms with E-state index in [0.29, 0.717) is 0 Å². The SMILES string of the molecule is Cn1c(Br)cnc1-c1ccc(O)cc1. The van der Waals surface area contributed by atoms with Crippen LogP contribution >= 0.6 is 15.9 Å². The van der Waals surface area contributed by atoms with Gasteiger partial charge in [-0.05, 0) is 40.2 Å². The zero-order valence-corrected chi connectivity index (χ0v) is 9.19. The molecular weight excluding hydrogens is 244 g/mol. The Balaban J connectivity index is 2.49. The number of hydrogen-bond donors (Lipinski definition) is 1. The summed E-state index contributed by atoms with van der Waals surface area (Å²) >= 11 is 3.38. The van der Waals surface area contributed by atoms with Crippen molar-refractivity contribution < 1.29 is 5.11 Å². The Kier molecular flexibility index (Phi) is 2.29. The highest BCUT2D eigenvalue weighted by Crippen LogP contribution is 2.22. The molecule has 0 aliphatic heterocycles. The highest BCUT2D eigenvalue weighted by atomic mass is 79.9. The Hall–Kier alpha value is -1.29. The van der Waals surface area contributed by atoms with Crippen molar-refractivity contribution in [1.29, 1.82) is 0 Å². The lowest BCUT2D eigenvalue weighted by molar-refractivity contribution is 0.475. The average molecular weight is 253 g/mol. The third-order valence-corrected chi connectivity index (χ3v) is 2.79. The summed E-state index contributed by atoms with van der Waals surface area (Å²) < 4.78 is 2.87. The van der Waals surface area contributed by atoms with Gasteiger partial charge >= 0.3 is 0 Å². The molecule has 1 N–H and O–H groups in total. The van der Waals surface area contributed by atoms with Crippen molar-refractivity contribution in [3.8, 4) is 17.1 Å². The van der Waals surface area contributed by atoms with Crippen molar-refractivity contribution in [2.24, 2.45) is 7.05 Å². The van der Waals surface area contributed by atoms with Gasteiger partial charge in [-0.25, -0.2) is 4.98 Å². The van der Waals surface area contributed by atoms with E-state index in [0.717, 1.165) is 16.0 Å². The third kappa shape index (κ3) is 1.53. The molecule has 0 aliphatic carbocycles. The van der Waals surface area contributed by atoms with Gasteiger partial charge in [-0.15, -0.1) is 0 Å². The lowest BCUT2D eigenvalue weighted by Gasteiger charge is -2.02. The molecule has 0 fully saturated rings. The van der Waals surface area contributed by atoms with Gasteiger partial charge in [0.1, 0.15) is 16.2 Å². The molecule has 2 rings (SSSR count). The number of nitrogens with zero attached hydrogens (tertiary/aromatic N) is 2. The first-order valence-electron chi connectivity index (χ1n) is 4.15. The van der Waals surface area contributed by atoms with Crippen LogP contribution in [-0.4, -0.2) is 14.7 Å². The fourth-order valence-electron chi connectivity index (χ4n) is 1.27. The Morgan fingerprint density at radius 1 is 1.29 bits per heavy atom. The van der Waals surface area contributed by atoms with Gasteiger partial charge in [0, 0.05) is 12.6 Å². The van der Waals surface area contributed by atoms with Crippen LogP contribution in [0.15, 0.2) is 35.1 Å². The van der Waals surface area contributed by atoms with Crippen LogP contribution in [-0.2, 0) is 7.05 Å². The molecular formula is C10H9BrN2O.